The number of carbonyl (C=O) groups is 1. The molecule has 0 N–H and O–H groups in total. The maximum absolute atomic E-state index is 12.5. The van der Waals surface area contributed by atoms with E-state index < -0.39 is 0 Å². The summed E-state index contributed by atoms with van der Waals surface area (Å²) in [6.07, 6.45) is 5.16. The van der Waals surface area contributed by atoms with E-state index in [9.17, 15) is 4.79 Å². The molecule has 108 valence electrons. The molecular formula is C15H26N2O2. The molecule has 3 aliphatic heterocycles. The summed E-state index contributed by atoms with van der Waals surface area (Å²) in [6.45, 7) is 8.89. The molecule has 0 radical (unpaired) electrons. The molecule has 0 aromatic rings. The van der Waals surface area contributed by atoms with Gasteiger partial charge in [-0.1, -0.05) is 0 Å². The zero-order valence-corrected chi connectivity index (χ0v) is 12.1. The number of nitrogens with zero attached hydrogens (tertiary/aromatic N) is 2. The van der Waals surface area contributed by atoms with Gasteiger partial charge < -0.3 is 14.5 Å². The predicted molar refractivity (Wildman–Crippen MR) is 73.9 cm³/mol. The van der Waals surface area contributed by atoms with Crippen molar-refractivity contribution in [2.24, 2.45) is 11.3 Å². The molecule has 0 aliphatic carbocycles. The van der Waals surface area contributed by atoms with Gasteiger partial charge in [-0.15, -0.1) is 0 Å². The van der Waals surface area contributed by atoms with Crippen LogP contribution in [0, 0.1) is 11.3 Å². The Balaban J connectivity index is 1.53. The normalized spacial score (nSPS) is 31.2. The Kier molecular flexibility index (Phi) is 3.81. The molecule has 3 heterocycles. The highest BCUT2D eigenvalue weighted by Gasteiger charge is 2.44. The van der Waals surface area contributed by atoms with Crippen LogP contribution >= 0.6 is 0 Å². The number of piperidine rings is 1. The van der Waals surface area contributed by atoms with Crippen LogP contribution in [-0.4, -0.2) is 61.6 Å². The molecule has 0 spiro atoms. The number of likely N-dealkylation sites (tertiary alicyclic amines) is 2. The molecule has 1 atom stereocenters. The van der Waals surface area contributed by atoms with Crippen LogP contribution in [-0.2, 0) is 9.53 Å². The summed E-state index contributed by atoms with van der Waals surface area (Å²) in [5.74, 6) is 1.00. The second-order valence-corrected chi connectivity index (χ2v) is 6.82. The maximum atomic E-state index is 12.5. The first kappa shape index (κ1) is 13.4. The predicted octanol–water partition coefficient (Wildman–Crippen LogP) is 1.36. The molecule has 1 amide bonds. The van der Waals surface area contributed by atoms with Crippen LogP contribution in [0.2, 0.25) is 0 Å². The van der Waals surface area contributed by atoms with Crippen molar-refractivity contribution in [2.45, 2.75) is 32.6 Å². The van der Waals surface area contributed by atoms with E-state index in [0.29, 0.717) is 25.0 Å². The maximum Gasteiger partial charge on any atom is 0.233 e. The lowest BCUT2D eigenvalue weighted by Crippen LogP contribution is -2.56. The number of hydrogen-bond donors (Lipinski definition) is 0. The Morgan fingerprint density at radius 1 is 1.21 bits per heavy atom. The lowest BCUT2D eigenvalue weighted by molar-refractivity contribution is -0.170. The van der Waals surface area contributed by atoms with Crippen LogP contribution in [0.3, 0.4) is 0 Å². The number of hydrogen-bond acceptors (Lipinski definition) is 3. The Labute approximate surface area is 116 Å². The number of amides is 1. The average molecular weight is 266 g/mol. The molecule has 0 saturated carbocycles. The molecular weight excluding hydrogens is 240 g/mol. The fraction of sp³-hybridized carbons (Fsp3) is 0.933. The molecule has 19 heavy (non-hydrogen) atoms. The molecule has 3 aliphatic rings. The van der Waals surface area contributed by atoms with Crippen molar-refractivity contribution in [2.75, 3.05) is 45.9 Å². The number of rotatable bonds is 3. The quantitative estimate of drug-likeness (QED) is 0.773. The smallest absolute Gasteiger partial charge is 0.233 e. The SMILES string of the molecule is CC1(C(=O)N2CCC[C@@H](CN3CCCC3)C2)COC1. The summed E-state index contributed by atoms with van der Waals surface area (Å²) in [4.78, 5) is 17.2. The fourth-order valence-electron chi connectivity index (χ4n) is 3.64. The van der Waals surface area contributed by atoms with Crippen molar-refractivity contribution in [3.8, 4) is 0 Å². The van der Waals surface area contributed by atoms with Gasteiger partial charge >= 0.3 is 0 Å². The third-order valence-corrected chi connectivity index (χ3v) is 4.88. The number of ether oxygens (including phenoxy) is 1. The van der Waals surface area contributed by atoms with E-state index in [-0.39, 0.29) is 5.41 Å². The highest BCUT2D eigenvalue weighted by atomic mass is 16.5. The van der Waals surface area contributed by atoms with Gasteiger partial charge in [0.25, 0.3) is 0 Å². The average Bonchev–Trinajstić information content (AvgIpc) is 2.88. The van der Waals surface area contributed by atoms with E-state index in [1.165, 1.54) is 45.3 Å². The van der Waals surface area contributed by atoms with Crippen LogP contribution in [0.15, 0.2) is 0 Å². The van der Waals surface area contributed by atoms with Crippen molar-refractivity contribution in [3.05, 3.63) is 0 Å². The molecule has 3 fully saturated rings. The first-order chi connectivity index (χ1) is 9.17. The van der Waals surface area contributed by atoms with Crippen LogP contribution in [0.1, 0.15) is 32.6 Å². The summed E-state index contributed by atoms with van der Waals surface area (Å²) in [6, 6.07) is 0. The van der Waals surface area contributed by atoms with Crippen molar-refractivity contribution < 1.29 is 9.53 Å². The van der Waals surface area contributed by atoms with Crippen molar-refractivity contribution in [1.82, 2.24) is 9.80 Å². The zero-order valence-electron chi connectivity index (χ0n) is 12.1. The lowest BCUT2D eigenvalue weighted by atomic mass is 9.85. The van der Waals surface area contributed by atoms with E-state index in [2.05, 4.69) is 9.80 Å². The highest BCUT2D eigenvalue weighted by Crippen LogP contribution is 2.31. The van der Waals surface area contributed by atoms with Crippen molar-refractivity contribution in [3.63, 3.8) is 0 Å². The summed E-state index contributed by atoms with van der Waals surface area (Å²) in [5.41, 5.74) is -0.227. The van der Waals surface area contributed by atoms with Crippen molar-refractivity contribution >= 4 is 5.91 Å². The first-order valence-corrected chi connectivity index (χ1v) is 7.77. The fourth-order valence-corrected chi connectivity index (χ4v) is 3.64. The van der Waals surface area contributed by atoms with Gasteiger partial charge in [-0.05, 0) is 51.6 Å². The minimum atomic E-state index is -0.227. The summed E-state index contributed by atoms with van der Waals surface area (Å²) < 4.78 is 5.23. The standard InChI is InChI=1S/C15H26N2O2/c1-15(11-19-12-15)14(18)17-8-4-5-13(10-17)9-16-6-2-3-7-16/h13H,2-12H2,1H3/t13-/m0/s1. The minimum Gasteiger partial charge on any atom is -0.379 e. The van der Waals surface area contributed by atoms with E-state index in [0.717, 1.165) is 13.1 Å². The molecule has 0 bridgehead atoms. The first-order valence-electron chi connectivity index (χ1n) is 7.77. The van der Waals surface area contributed by atoms with E-state index >= 15 is 0 Å². The zero-order chi connectivity index (χ0) is 13.3. The van der Waals surface area contributed by atoms with Crippen LogP contribution < -0.4 is 0 Å². The van der Waals surface area contributed by atoms with E-state index in [4.69, 9.17) is 4.74 Å². The molecule has 0 aromatic carbocycles. The van der Waals surface area contributed by atoms with Gasteiger partial charge in [-0.3, -0.25) is 4.79 Å². The lowest BCUT2D eigenvalue weighted by Gasteiger charge is -2.43. The Bertz CT molecular complexity index is 335. The topological polar surface area (TPSA) is 32.8 Å². The Morgan fingerprint density at radius 2 is 1.95 bits per heavy atom. The third kappa shape index (κ3) is 2.79. The van der Waals surface area contributed by atoms with Crippen LogP contribution in [0.25, 0.3) is 0 Å². The van der Waals surface area contributed by atoms with Gasteiger partial charge in [0.15, 0.2) is 0 Å². The van der Waals surface area contributed by atoms with Gasteiger partial charge in [-0.2, -0.15) is 0 Å². The van der Waals surface area contributed by atoms with Gasteiger partial charge in [0.2, 0.25) is 5.91 Å². The molecule has 4 heteroatoms. The van der Waals surface area contributed by atoms with E-state index in [1.54, 1.807) is 0 Å². The largest absolute Gasteiger partial charge is 0.379 e. The molecule has 0 aromatic heterocycles. The van der Waals surface area contributed by atoms with Gasteiger partial charge in [0.1, 0.15) is 0 Å². The molecule has 0 unspecified atom stereocenters. The Hall–Kier alpha value is -0.610. The van der Waals surface area contributed by atoms with Gasteiger partial charge in [-0.25, -0.2) is 0 Å². The monoisotopic (exact) mass is 266 g/mol. The molecule has 4 nitrogen and oxygen atoms in total. The summed E-state index contributed by atoms with van der Waals surface area (Å²) in [5, 5.41) is 0. The van der Waals surface area contributed by atoms with Gasteiger partial charge in [0, 0.05) is 19.6 Å². The highest BCUT2D eigenvalue weighted by molar-refractivity contribution is 5.83. The second kappa shape index (κ2) is 5.41. The van der Waals surface area contributed by atoms with Crippen LogP contribution in [0.5, 0.6) is 0 Å². The van der Waals surface area contributed by atoms with Crippen molar-refractivity contribution in [1.29, 1.82) is 0 Å². The molecule has 3 rings (SSSR count). The minimum absolute atomic E-state index is 0.227. The summed E-state index contributed by atoms with van der Waals surface area (Å²) in [7, 11) is 0. The second-order valence-electron chi connectivity index (χ2n) is 6.82. The van der Waals surface area contributed by atoms with E-state index in [1.807, 2.05) is 6.92 Å². The Morgan fingerprint density at radius 3 is 2.58 bits per heavy atom. The third-order valence-electron chi connectivity index (χ3n) is 4.88. The summed E-state index contributed by atoms with van der Waals surface area (Å²) >= 11 is 0. The molecule has 3 saturated heterocycles. The number of carbonyl (C=O) groups excluding carboxylic acids is 1. The van der Waals surface area contributed by atoms with Crippen LogP contribution in [0.4, 0.5) is 0 Å². The van der Waals surface area contributed by atoms with Gasteiger partial charge in [0.05, 0.1) is 18.6 Å².